The molecule has 3 rings (SSSR count). The van der Waals surface area contributed by atoms with Crippen molar-refractivity contribution in [2.45, 2.75) is 24.0 Å². The Kier molecular flexibility index (Phi) is 5.51. The molecule has 1 aliphatic heterocycles. The fourth-order valence-corrected chi connectivity index (χ4v) is 5.32. The summed E-state index contributed by atoms with van der Waals surface area (Å²) in [5, 5.41) is 0. The molecule has 1 N–H and O–H groups in total. The molecule has 1 saturated heterocycles. The van der Waals surface area contributed by atoms with Crippen molar-refractivity contribution in [1.82, 2.24) is 14.6 Å². The minimum atomic E-state index is -3.43. The summed E-state index contributed by atoms with van der Waals surface area (Å²) in [5.74, 6) is 0.257. The maximum atomic E-state index is 12.4. The van der Waals surface area contributed by atoms with Crippen LogP contribution in [0.5, 0.6) is 0 Å². The van der Waals surface area contributed by atoms with Gasteiger partial charge in [-0.15, -0.1) is 11.3 Å². The van der Waals surface area contributed by atoms with Crippen LogP contribution in [-0.4, -0.2) is 43.8 Å². The van der Waals surface area contributed by atoms with E-state index in [1.54, 1.807) is 30.6 Å². The number of sulfonamides is 1. The van der Waals surface area contributed by atoms with E-state index < -0.39 is 10.0 Å². The molecular weight excluding hydrogens is 358 g/mol. The Morgan fingerprint density at radius 1 is 1.24 bits per heavy atom. The third kappa shape index (κ3) is 4.45. The molecule has 2 aromatic rings. The highest BCUT2D eigenvalue weighted by Crippen LogP contribution is 2.22. The molecule has 134 valence electrons. The van der Waals surface area contributed by atoms with E-state index >= 15 is 0 Å². The van der Waals surface area contributed by atoms with Gasteiger partial charge in [0.25, 0.3) is 5.91 Å². The second kappa shape index (κ2) is 7.63. The van der Waals surface area contributed by atoms with E-state index in [0.717, 1.165) is 17.7 Å². The van der Waals surface area contributed by atoms with Crippen LogP contribution in [0, 0.1) is 12.8 Å². The van der Waals surface area contributed by atoms with Gasteiger partial charge in [0, 0.05) is 42.5 Å². The van der Waals surface area contributed by atoms with Crippen LogP contribution >= 0.6 is 11.3 Å². The van der Waals surface area contributed by atoms with Crippen LogP contribution in [0.15, 0.2) is 40.9 Å². The maximum absolute atomic E-state index is 12.4. The maximum Gasteiger partial charge on any atom is 0.253 e. The lowest BCUT2D eigenvalue weighted by molar-refractivity contribution is 0.0692. The summed E-state index contributed by atoms with van der Waals surface area (Å²) < 4.78 is 27.6. The van der Waals surface area contributed by atoms with E-state index in [4.69, 9.17) is 0 Å². The van der Waals surface area contributed by atoms with Crippen LogP contribution in [0.3, 0.4) is 0 Å². The largest absolute Gasteiger partial charge is 0.339 e. The summed E-state index contributed by atoms with van der Waals surface area (Å²) in [5.41, 5.74) is 0.641. The topological polar surface area (TPSA) is 79.4 Å². The zero-order chi connectivity index (χ0) is 17.9. The second-order valence-corrected chi connectivity index (χ2v) is 9.47. The van der Waals surface area contributed by atoms with Gasteiger partial charge in [-0.05, 0) is 49.9 Å². The summed E-state index contributed by atoms with van der Waals surface area (Å²) in [7, 11) is -3.43. The summed E-state index contributed by atoms with van der Waals surface area (Å²) >= 11 is 1.27. The Morgan fingerprint density at radius 2 is 1.92 bits per heavy atom. The molecule has 0 radical (unpaired) electrons. The zero-order valence-electron chi connectivity index (χ0n) is 14.0. The number of hydrogen-bond donors (Lipinski definition) is 1. The van der Waals surface area contributed by atoms with Crippen LogP contribution in [0.2, 0.25) is 0 Å². The fourth-order valence-electron chi connectivity index (χ4n) is 2.87. The van der Waals surface area contributed by atoms with E-state index in [0.29, 0.717) is 29.4 Å². The number of pyridine rings is 1. The lowest BCUT2D eigenvalue weighted by Crippen LogP contribution is -2.41. The number of amides is 1. The van der Waals surface area contributed by atoms with E-state index in [-0.39, 0.29) is 11.8 Å². The van der Waals surface area contributed by atoms with Gasteiger partial charge in [0.15, 0.2) is 0 Å². The zero-order valence-corrected chi connectivity index (χ0v) is 15.6. The molecule has 0 aliphatic carbocycles. The standard InChI is InChI=1S/C17H21N3O3S2/c1-13-2-3-16(24-13)25(22,23)19-12-14-6-10-20(11-7-14)17(21)15-4-8-18-9-5-15/h2-5,8-9,14,19H,6-7,10-12H2,1H3. The first-order chi connectivity index (χ1) is 12.0. The SMILES string of the molecule is Cc1ccc(S(=O)(=O)NCC2CCN(C(=O)c3ccncc3)CC2)s1. The summed E-state index contributed by atoms with van der Waals surface area (Å²) in [6.45, 7) is 3.59. The molecule has 0 aromatic carbocycles. The lowest BCUT2D eigenvalue weighted by atomic mass is 9.97. The van der Waals surface area contributed by atoms with Crippen LogP contribution in [0.1, 0.15) is 28.1 Å². The van der Waals surface area contributed by atoms with Crippen molar-refractivity contribution in [2.75, 3.05) is 19.6 Å². The molecule has 0 unspecified atom stereocenters. The number of likely N-dealkylation sites (tertiary alicyclic amines) is 1. The Morgan fingerprint density at radius 3 is 2.52 bits per heavy atom. The van der Waals surface area contributed by atoms with Gasteiger partial charge in [0.1, 0.15) is 4.21 Å². The summed E-state index contributed by atoms with van der Waals surface area (Å²) in [6.07, 6.45) is 4.81. The molecule has 0 atom stereocenters. The van der Waals surface area contributed by atoms with Crippen LogP contribution in [0.4, 0.5) is 0 Å². The molecule has 0 spiro atoms. The van der Waals surface area contributed by atoms with Gasteiger partial charge in [-0.1, -0.05) is 0 Å². The number of piperidine rings is 1. The molecule has 1 fully saturated rings. The minimum Gasteiger partial charge on any atom is -0.339 e. The molecule has 25 heavy (non-hydrogen) atoms. The molecule has 8 heteroatoms. The number of aryl methyl sites for hydroxylation is 1. The monoisotopic (exact) mass is 379 g/mol. The summed E-state index contributed by atoms with van der Waals surface area (Å²) in [4.78, 5) is 19.1. The van der Waals surface area contributed by atoms with Crippen LogP contribution in [-0.2, 0) is 10.0 Å². The minimum absolute atomic E-state index is 0.00971. The van der Waals surface area contributed by atoms with Crippen molar-refractivity contribution >= 4 is 27.3 Å². The van der Waals surface area contributed by atoms with Crippen LogP contribution < -0.4 is 4.72 Å². The summed E-state index contributed by atoms with van der Waals surface area (Å²) in [6, 6.07) is 6.87. The van der Waals surface area contributed by atoms with Gasteiger partial charge < -0.3 is 4.90 Å². The molecule has 0 bridgehead atoms. The molecular formula is C17H21N3O3S2. The highest BCUT2D eigenvalue weighted by molar-refractivity contribution is 7.91. The Labute approximate surface area is 151 Å². The number of thiophene rings is 1. The van der Waals surface area contributed by atoms with Crippen molar-refractivity contribution in [1.29, 1.82) is 0 Å². The molecule has 2 aromatic heterocycles. The van der Waals surface area contributed by atoms with Crippen molar-refractivity contribution in [3.05, 3.63) is 47.1 Å². The van der Waals surface area contributed by atoms with Gasteiger partial charge in [-0.2, -0.15) is 0 Å². The number of aromatic nitrogens is 1. The molecule has 3 heterocycles. The Hall–Kier alpha value is -1.77. The first-order valence-corrected chi connectivity index (χ1v) is 10.5. The van der Waals surface area contributed by atoms with Crippen molar-refractivity contribution in [3.8, 4) is 0 Å². The van der Waals surface area contributed by atoms with E-state index in [1.807, 2.05) is 17.9 Å². The van der Waals surface area contributed by atoms with Crippen molar-refractivity contribution in [2.24, 2.45) is 5.92 Å². The quantitative estimate of drug-likeness (QED) is 0.864. The van der Waals surface area contributed by atoms with Gasteiger partial charge in [-0.25, -0.2) is 13.1 Å². The second-order valence-electron chi connectivity index (χ2n) is 6.19. The Bertz CT molecular complexity index is 826. The predicted octanol–water partition coefficient (Wildman–Crippen LogP) is 2.28. The van der Waals surface area contributed by atoms with E-state index in [9.17, 15) is 13.2 Å². The number of nitrogens with zero attached hydrogens (tertiary/aromatic N) is 2. The van der Waals surface area contributed by atoms with Gasteiger partial charge >= 0.3 is 0 Å². The first-order valence-electron chi connectivity index (χ1n) is 8.21. The highest BCUT2D eigenvalue weighted by atomic mass is 32.2. The number of nitrogens with one attached hydrogen (secondary N) is 1. The third-order valence-electron chi connectivity index (χ3n) is 4.37. The number of hydrogen-bond acceptors (Lipinski definition) is 5. The van der Waals surface area contributed by atoms with Crippen molar-refractivity contribution < 1.29 is 13.2 Å². The smallest absolute Gasteiger partial charge is 0.253 e. The van der Waals surface area contributed by atoms with E-state index in [1.165, 1.54) is 11.3 Å². The molecule has 0 saturated carbocycles. The average Bonchev–Trinajstić information content (AvgIpc) is 3.08. The number of carbonyl (C=O) groups excluding carboxylic acids is 1. The molecule has 6 nitrogen and oxygen atoms in total. The predicted molar refractivity (Wildman–Crippen MR) is 97.1 cm³/mol. The van der Waals surface area contributed by atoms with Crippen molar-refractivity contribution in [3.63, 3.8) is 0 Å². The fraction of sp³-hybridized carbons (Fsp3) is 0.412. The van der Waals surface area contributed by atoms with E-state index in [2.05, 4.69) is 9.71 Å². The third-order valence-corrected chi connectivity index (χ3v) is 7.29. The average molecular weight is 380 g/mol. The lowest BCUT2D eigenvalue weighted by Gasteiger charge is -2.32. The van der Waals surface area contributed by atoms with Gasteiger partial charge in [0.2, 0.25) is 10.0 Å². The highest BCUT2D eigenvalue weighted by Gasteiger charge is 2.25. The molecule has 1 aliphatic rings. The van der Waals surface area contributed by atoms with Crippen LogP contribution in [0.25, 0.3) is 0 Å². The number of rotatable bonds is 5. The molecule has 1 amide bonds. The number of carbonyl (C=O) groups is 1. The van der Waals surface area contributed by atoms with Gasteiger partial charge in [0.05, 0.1) is 0 Å². The normalized spacial score (nSPS) is 16.1. The van der Waals surface area contributed by atoms with Gasteiger partial charge in [-0.3, -0.25) is 9.78 Å². The Balaban J connectivity index is 1.50. The first kappa shape index (κ1) is 18.0.